The molecule has 2 atom stereocenters. The highest BCUT2D eigenvalue weighted by molar-refractivity contribution is 5.95. The Morgan fingerprint density at radius 3 is 2.50 bits per heavy atom. The molecule has 0 radical (unpaired) electrons. The maximum atomic E-state index is 12.9. The van der Waals surface area contributed by atoms with Gasteiger partial charge in [-0.15, -0.1) is 0 Å². The largest absolute Gasteiger partial charge is 0.336 e. The zero-order valence-corrected chi connectivity index (χ0v) is 14.8. The molecule has 3 aliphatic rings. The van der Waals surface area contributed by atoms with Crippen LogP contribution in [0, 0.1) is 12.8 Å². The van der Waals surface area contributed by atoms with Gasteiger partial charge < -0.3 is 9.80 Å². The van der Waals surface area contributed by atoms with Crippen LogP contribution in [0.1, 0.15) is 39.4 Å². The van der Waals surface area contributed by atoms with Crippen molar-refractivity contribution in [2.45, 2.75) is 25.8 Å². The van der Waals surface area contributed by atoms with Crippen LogP contribution in [0.4, 0.5) is 0 Å². The Kier molecular flexibility index (Phi) is 4.41. The number of nitrogens with zero attached hydrogens (tertiary/aromatic N) is 4. The van der Waals surface area contributed by atoms with E-state index in [1.165, 1.54) is 0 Å². The average molecular weight is 350 g/mol. The molecule has 6 heteroatoms. The summed E-state index contributed by atoms with van der Waals surface area (Å²) in [5.74, 6) is 0.275. The molecular weight excluding hydrogens is 328 g/mol. The second-order valence-corrected chi connectivity index (χ2v) is 7.17. The van der Waals surface area contributed by atoms with Crippen LogP contribution in [0.15, 0.2) is 42.7 Å². The van der Waals surface area contributed by atoms with E-state index in [-0.39, 0.29) is 17.9 Å². The molecule has 134 valence electrons. The molecule has 1 aromatic carbocycles. The molecule has 4 heterocycles. The van der Waals surface area contributed by atoms with Crippen molar-refractivity contribution in [2.75, 3.05) is 19.6 Å². The summed E-state index contributed by atoms with van der Waals surface area (Å²) in [5.41, 5.74) is 1.87. The Hall–Kier alpha value is -2.76. The van der Waals surface area contributed by atoms with Gasteiger partial charge >= 0.3 is 0 Å². The highest BCUT2D eigenvalue weighted by atomic mass is 16.2. The van der Waals surface area contributed by atoms with Crippen molar-refractivity contribution in [3.8, 4) is 0 Å². The summed E-state index contributed by atoms with van der Waals surface area (Å²) in [7, 11) is 0. The SMILES string of the molecule is Cc1cnc(C(=O)N2CC3CCC2CN(C(=O)c2ccccc2)C3)cn1. The minimum Gasteiger partial charge on any atom is -0.336 e. The van der Waals surface area contributed by atoms with Crippen molar-refractivity contribution >= 4 is 11.8 Å². The van der Waals surface area contributed by atoms with Gasteiger partial charge in [0.05, 0.1) is 11.9 Å². The molecule has 2 amide bonds. The molecule has 0 aliphatic carbocycles. The fourth-order valence-electron chi connectivity index (χ4n) is 3.91. The zero-order valence-electron chi connectivity index (χ0n) is 14.8. The van der Waals surface area contributed by atoms with Gasteiger partial charge in [-0.2, -0.15) is 0 Å². The first-order chi connectivity index (χ1) is 12.6. The molecule has 0 saturated carbocycles. The molecule has 1 aromatic heterocycles. The van der Waals surface area contributed by atoms with Gasteiger partial charge in [-0.25, -0.2) is 4.98 Å². The van der Waals surface area contributed by atoms with E-state index in [9.17, 15) is 9.59 Å². The predicted octanol–water partition coefficient (Wildman–Crippen LogP) is 2.16. The standard InChI is InChI=1S/C20H22N4O2/c1-14-9-22-18(10-21-14)20(26)24-12-15-7-8-17(24)13-23(11-15)19(25)16-5-3-2-4-6-16/h2-6,9-10,15,17H,7-8,11-13H2,1H3. The van der Waals surface area contributed by atoms with Crippen LogP contribution in [-0.4, -0.2) is 57.3 Å². The first-order valence-electron chi connectivity index (χ1n) is 9.06. The molecule has 2 bridgehead atoms. The van der Waals surface area contributed by atoms with Crippen LogP contribution < -0.4 is 0 Å². The molecule has 5 rings (SSSR count). The summed E-state index contributed by atoms with van der Waals surface area (Å²) < 4.78 is 0. The number of hydrogen-bond donors (Lipinski definition) is 0. The summed E-state index contributed by atoms with van der Waals surface area (Å²) in [5, 5.41) is 0. The Bertz CT molecular complexity index is 806. The Labute approximate surface area is 152 Å². The third kappa shape index (κ3) is 3.19. The number of aryl methyl sites for hydroxylation is 1. The number of fused-ring (bicyclic) bond motifs is 4. The number of piperidine rings is 1. The monoisotopic (exact) mass is 350 g/mol. The Morgan fingerprint density at radius 1 is 0.962 bits per heavy atom. The molecule has 6 nitrogen and oxygen atoms in total. The van der Waals surface area contributed by atoms with Gasteiger partial charge in [0.1, 0.15) is 5.69 Å². The van der Waals surface area contributed by atoms with Gasteiger partial charge in [-0.3, -0.25) is 14.6 Å². The van der Waals surface area contributed by atoms with Gasteiger partial charge in [-0.05, 0) is 37.8 Å². The third-order valence-electron chi connectivity index (χ3n) is 5.28. The molecule has 3 aliphatic heterocycles. The van der Waals surface area contributed by atoms with E-state index in [0.29, 0.717) is 36.8 Å². The van der Waals surface area contributed by atoms with Crippen molar-refractivity contribution in [1.82, 2.24) is 19.8 Å². The molecule has 2 aromatic rings. The van der Waals surface area contributed by atoms with Gasteiger partial charge in [0, 0.05) is 37.4 Å². The first kappa shape index (κ1) is 16.7. The number of aromatic nitrogens is 2. The lowest BCUT2D eigenvalue weighted by Gasteiger charge is -2.35. The summed E-state index contributed by atoms with van der Waals surface area (Å²) >= 11 is 0. The van der Waals surface area contributed by atoms with Crippen LogP contribution in [0.5, 0.6) is 0 Å². The van der Waals surface area contributed by atoms with Crippen molar-refractivity contribution in [1.29, 1.82) is 0 Å². The van der Waals surface area contributed by atoms with E-state index in [4.69, 9.17) is 0 Å². The molecule has 0 N–H and O–H groups in total. The highest BCUT2D eigenvalue weighted by Crippen LogP contribution is 2.29. The number of hydrogen-bond acceptors (Lipinski definition) is 4. The lowest BCUT2D eigenvalue weighted by molar-refractivity contribution is 0.0568. The zero-order chi connectivity index (χ0) is 18.1. The number of rotatable bonds is 2. The average Bonchev–Trinajstić information content (AvgIpc) is 3.00. The summed E-state index contributed by atoms with van der Waals surface area (Å²) in [4.78, 5) is 38.0. The lowest BCUT2D eigenvalue weighted by Crippen LogP contribution is -2.48. The van der Waals surface area contributed by atoms with Crippen LogP contribution in [0.3, 0.4) is 0 Å². The summed E-state index contributed by atoms with van der Waals surface area (Å²) in [6.45, 7) is 3.81. The topological polar surface area (TPSA) is 66.4 Å². The first-order valence-corrected chi connectivity index (χ1v) is 9.06. The Balaban J connectivity index is 1.54. The van der Waals surface area contributed by atoms with E-state index in [1.54, 1.807) is 12.4 Å². The van der Waals surface area contributed by atoms with E-state index < -0.39 is 0 Å². The van der Waals surface area contributed by atoms with Crippen molar-refractivity contribution in [3.05, 3.63) is 59.7 Å². The second-order valence-electron chi connectivity index (χ2n) is 7.17. The van der Waals surface area contributed by atoms with E-state index in [2.05, 4.69) is 9.97 Å². The van der Waals surface area contributed by atoms with E-state index in [0.717, 1.165) is 18.5 Å². The molecule has 2 unspecified atom stereocenters. The van der Waals surface area contributed by atoms with Crippen LogP contribution >= 0.6 is 0 Å². The van der Waals surface area contributed by atoms with Gasteiger partial charge in [0.25, 0.3) is 11.8 Å². The van der Waals surface area contributed by atoms with Crippen LogP contribution in [0.2, 0.25) is 0 Å². The maximum absolute atomic E-state index is 12.9. The molecular formula is C20H22N4O2. The van der Waals surface area contributed by atoms with Crippen molar-refractivity contribution < 1.29 is 9.59 Å². The quantitative estimate of drug-likeness (QED) is 0.832. The van der Waals surface area contributed by atoms with Crippen LogP contribution in [0.25, 0.3) is 0 Å². The van der Waals surface area contributed by atoms with Crippen molar-refractivity contribution in [3.63, 3.8) is 0 Å². The Morgan fingerprint density at radius 2 is 1.77 bits per heavy atom. The molecule has 3 saturated heterocycles. The van der Waals surface area contributed by atoms with Gasteiger partial charge in [-0.1, -0.05) is 18.2 Å². The van der Waals surface area contributed by atoms with Gasteiger partial charge in [0.15, 0.2) is 0 Å². The fourth-order valence-corrected chi connectivity index (χ4v) is 3.91. The second kappa shape index (κ2) is 6.86. The number of carbonyl (C=O) groups is 2. The minimum absolute atomic E-state index is 0.0389. The molecule has 26 heavy (non-hydrogen) atoms. The molecule has 0 spiro atoms. The minimum atomic E-state index is -0.0822. The number of benzene rings is 1. The van der Waals surface area contributed by atoms with Crippen LogP contribution in [-0.2, 0) is 0 Å². The highest BCUT2D eigenvalue weighted by Gasteiger charge is 2.39. The lowest BCUT2D eigenvalue weighted by atomic mass is 9.95. The normalized spacial score (nSPS) is 22.2. The number of amides is 2. The fraction of sp³-hybridized carbons (Fsp3) is 0.400. The smallest absolute Gasteiger partial charge is 0.274 e. The summed E-state index contributed by atoms with van der Waals surface area (Å²) in [6, 6.07) is 9.40. The predicted molar refractivity (Wildman–Crippen MR) is 96.7 cm³/mol. The van der Waals surface area contributed by atoms with E-state index >= 15 is 0 Å². The summed E-state index contributed by atoms with van der Waals surface area (Å²) in [6.07, 6.45) is 5.14. The van der Waals surface area contributed by atoms with Crippen molar-refractivity contribution in [2.24, 2.45) is 5.92 Å². The molecule has 3 fully saturated rings. The third-order valence-corrected chi connectivity index (χ3v) is 5.28. The van der Waals surface area contributed by atoms with E-state index in [1.807, 2.05) is 47.1 Å². The number of carbonyl (C=O) groups excluding carboxylic acids is 2. The van der Waals surface area contributed by atoms with Gasteiger partial charge in [0.2, 0.25) is 0 Å². The maximum Gasteiger partial charge on any atom is 0.274 e.